The molecule has 0 aliphatic carbocycles. The lowest BCUT2D eigenvalue weighted by molar-refractivity contribution is -0.179. The summed E-state index contributed by atoms with van der Waals surface area (Å²) in [6.45, 7) is 1.11. The van der Waals surface area contributed by atoms with E-state index in [-0.39, 0.29) is 28.3 Å². The number of carbonyl (C=O) groups is 3. The first-order valence-corrected chi connectivity index (χ1v) is 8.44. The molecule has 5 nitrogen and oxygen atoms in total. The fraction of sp³-hybridized carbons (Fsp3) is 0.211. The third kappa shape index (κ3) is 3.19. The van der Waals surface area contributed by atoms with Gasteiger partial charge >= 0.3 is 11.9 Å². The Balaban J connectivity index is 2.14. The van der Waals surface area contributed by atoms with Crippen LogP contribution in [0.25, 0.3) is 0 Å². The second kappa shape index (κ2) is 7.08. The van der Waals surface area contributed by atoms with E-state index in [1.165, 1.54) is 55.5 Å². The predicted octanol–water partition coefficient (Wildman–Crippen LogP) is 3.88. The van der Waals surface area contributed by atoms with E-state index in [1.807, 2.05) is 0 Å². The number of esters is 1. The molecule has 1 unspecified atom stereocenters. The largest absolute Gasteiger partial charge is 0.461 e. The van der Waals surface area contributed by atoms with Gasteiger partial charge in [0, 0.05) is 5.02 Å². The number of amides is 2. The van der Waals surface area contributed by atoms with Crippen molar-refractivity contribution in [2.45, 2.75) is 18.9 Å². The Morgan fingerprint density at radius 2 is 1.59 bits per heavy atom. The van der Waals surface area contributed by atoms with Crippen LogP contribution in [0.1, 0.15) is 39.2 Å². The van der Waals surface area contributed by atoms with Crippen molar-refractivity contribution in [1.29, 1.82) is 0 Å². The summed E-state index contributed by atoms with van der Waals surface area (Å²) in [5.41, 5.74) is -0.116. The quantitative estimate of drug-likeness (QED) is 0.571. The van der Waals surface area contributed by atoms with Gasteiger partial charge in [-0.05, 0) is 36.8 Å². The lowest BCUT2D eigenvalue weighted by atomic mass is 9.98. The van der Waals surface area contributed by atoms with Crippen molar-refractivity contribution in [3.63, 3.8) is 0 Å². The first-order valence-electron chi connectivity index (χ1n) is 8.06. The summed E-state index contributed by atoms with van der Waals surface area (Å²) in [5.74, 6) is -7.78. The number of hydrogen-bond donors (Lipinski definition) is 0. The highest BCUT2D eigenvalue weighted by molar-refractivity contribution is 6.30. The molecule has 0 radical (unpaired) electrons. The molecular formula is C19H14ClF2NO4. The van der Waals surface area contributed by atoms with Crippen LogP contribution < -0.4 is 0 Å². The molecule has 2 amide bonds. The fourth-order valence-corrected chi connectivity index (χ4v) is 3.07. The van der Waals surface area contributed by atoms with Gasteiger partial charge in [0.15, 0.2) is 0 Å². The molecule has 0 saturated heterocycles. The fourth-order valence-electron chi connectivity index (χ4n) is 2.95. The van der Waals surface area contributed by atoms with E-state index in [4.69, 9.17) is 11.6 Å². The third-order valence-corrected chi connectivity index (χ3v) is 4.41. The van der Waals surface area contributed by atoms with Gasteiger partial charge < -0.3 is 4.74 Å². The molecule has 27 heavy (non-hydrogen) atoms. The lowest BCUT2D eigenvalue weighted by Crippen LogP contribution is -2.48. The summed E-state index contributed by atoms with van der Waals surface area (Å²) in [5, 5.41) is 0.277. The Bertz CT molecular complexity index is 879. The molecule has 1 atom stereocenters. The van der Waals surface area contributed by atoms with Crippen molar-refractivity contribution in [2.75, 3.05) is 6.61 Å². The first-order chi connectivity index (χ1) is 12.8. The van der Waals surface area contributed by atoms with Crippen molar-refractivity contribution < 1.29 is 27.9 Å². The zero-order chi connectivity index (χ0) is 19.8. The summed E-state index contributed by atoms with van der Waals surface area (Å²) < 4.78 is 34.5. The van der Waals surface area contributed by atoms with Gasteiger partial charge in [0.2, 0.25) is 0 Å². The summed E-state index contributed by atoms with van der Waals surface area (Å²) in [6, 6.07) is 8.78. The standard InChI is InChI=1S/C19H14ClF2NO4/c1-2-27-18(26)19(21,22)15(11-7-9-12(20)10-8-11)23-16(24)13-5-3-4-6-14(13)17(23)25/h3-10,15H,2H2,1H3. The second-order valence-corrected chi connectivity index (χ2v) is 6.26. The zero-order valence-electron chi connectivity index (χ0n) is 14.1. The molecule has 1 aliphatic heterocycles. The van der Waals surface area contributed by atoms with Gasteiger partial charge in [-0.2, -0.15) is 8.78 Å². The maximum absolute atomic E-state index is 15.0. The molecule has 1 heterocycles. The molecule has 1 aliphatic rings. The number of alkyl halides is 2. The number of halogens is 3. The van der Waals surface area contributed by atoms with Crippen molar-refractivity contribution in [3.05, 3.63) is 70.2 Å². The van der Waals surface area contributed by atoms with Crippen LogP contribution in [0, 0.1) is 0 Å². The summed E-state index contributed by atoms with van der Waals surface area (Å²) in [7, 11) is 0. The second-order valence-electron chi connectivity index (χ2n) is 5.82. The van der Waals surface area contributed by atoms with Gasteiger partial charge in [-0.1, -0.05) is 35.9 Å². The summed E-state index contributed by atoms with van der Waals surface area (Å²) in [6.07, 6.45) is 0. The summed E-state index contributed by atoms with van der Waals surface area (Å²) >= 11 is 5.81. The number of rotatable bonds is 5. The molecule has 0 fully saturated rings. The van der Waals surface area contributed by atoms with E-state index in [2.05, 4.69) is 4.74 Å². The zero-order valence-corrected chi connectivity index (χ0v) is 14.9. The van der Waals surface area contributed by atoms with Crippen LogP contribution in [0.5, 0.6) is 0 Å². The van der Waals surface area contributed by atoms with E-state index in [9.17, 15) is 14.4 Å². The number of fused-ring (bicyclic) bond motifs is 1. The van der Waals surface area contributed by atoms with Gasteiger partial charge in [-0.25, -0.2) is 4.79 Å². The Morgan fingerprint density at radius 3 is 2.07 bits per heavy atom. The molecular weight excluding hydrogens is 380 g/mol. The number of hydrogen-bond acceptors (Lipinski definition) is 4. The van der Waals surface area contributed by atoms with E-state index in [0.717, 1.165) is 0 Å². The molecule has 2 aromatic rings. The molecule has 140 valence electrons. The Labute approximate surface area is 158 Å². The average Bonchev–Trinajstić information content (AvgIpc) is 2.89. The van der Waals surface area contributed by atoms with Crippen LogP contribution >= 0.6 is 11.6 Å². The van der Waals surface area contributed by atoms with Crippen LogP contribution in [-0.2, 0) is 9.53 Å². The number of ether oxygens (including phenoxy) is 1. The Morgan fingerprint density at radius 1 is 1.07 bits per heavy atom. The number of carbonyl (C=O) groups excluding carboxylic acids is 3. The number of imide groups is 1. The van der Waals surface area contributed by atoms with Crippen molar-refractivity contribution in [1.82, 2.24) is 4.90 Å². The molecule has 0 bridgehead atoms. The van der Waals surface area contributed by atoms with E-state index >= 15 is 8.78 Å². The van der Waals surface area contributed by atoms with Crippen LogP contribution in [0.2, 0.25) is 5.02 Å². The predicted molar refractivity (Wildman–Crippen MR) is 92.7 cm³/mol. The molecule has 0 spiro atoms. The van der Waals surface area contributed by atoms with Crippen LogP contribution in [0.4, 0.5) is 8.78 Å². The van der Waals surface area contributed by atoms with Gasteiger partial charge in [-0.3, -0.25) is 14.5 Å². The minimum Gasteiger partial charge on any atom is -0.461 e. The molecule has 8 heteroatoms. The van der Waals surface area contributed by atoms with Crippen LogP contribution in [0.3, 0.4) is 0 Å². The number of benzene rings is 2. The highest BCUT2D eigenvalue weighted by atomic mass is 35.5. The van der Waals surface area contributed by atoms with Crippen molar-refractivity contribution in [2.24, 2.45) is 0 Å². The molecule has 0 N–H and O–H groups in total. The van der Waals surface area contributed by atoms with E-state index in [0.29, 0.717) is 4.90 Å². The van der Waals surface area contributed by atoms with Crippen molar-refractivity contribution in [3.8, 4) is 0 Å². The SMILES string of the molecule is CCOC(=O)C(F)(F)C(c1ccc(Cl)cc1)N1C(=O)c2ccccc2C1=O. The maximum Gasteiger partial charge on any atom is 0.379 e. The Kier molecular flexibility index (Phi) is 4.97. The van der Waals surface area contributed by atoms with Crippen LogP contribution in [0.15, 0.2) is 48.5 Å². The van der Waals surface area contributed by atoms with Gasteiger partial charge in [0.05, 0.1) is 17.7 Å². The Hall–Kier alpha value is -2.80. The van der Waals surface area contributed by atoms with E-state index in [1.54, 1.807) is 0 Å². The minimum atomic E-state index is -4.16. The topological polar surface area (TPSA) is 63.7 Å². The maximum atomic E-state index is 15.0. The van der Waals surface area contributed by atoms with Gasteiger partial charge in [-0.15, -0.1) is 0 Å². The monoisotopic (exact) mass is 393 g/mol. The van der Waals surface area contributed by atoms with Crippen LogP contribution in [-0.4, -0.2) is 35.2 Å². The average molecular weight is 394 g/mol. The van der Waals surface area contributed by atoms with Crippen molar-refractivity contribution >= 4 is 29.4 Å². The first kappa shape index (κ1) is 19.0. The smallest absolute Gasteiger partial charge is 0.379 e. The summed E-state index contributed by atoms with van der Waals surface area (Å²) in [4.78, 5) is 37.8. The molecule has 0 saturated carbocycles. The highest BCUT2D eigenvalue weighted by Crippen LogP contribution is 2.42. The van der Waals surface area contributed by atoms with Gasteiger partial charge in [0.25, 0.3) is 11.8 Å². The normalized spacial score (nSPS) is 14.9. The molecule has 2 aromatic carbocycles. The molecule has 0 aromatic heterocycles. The van der Waals surface area contributed by atoms with E-state index < -0.39 is 29.7 Å². The van der Waals surface area contributed by atoms with Gasteiger partial charge in [0.1, 0.15) is 6.04 Å². The highest BCUT2D eigenvalue weighted by Gasteiger charge is 2.57. The minimum absolute atomic E-state index is 0.00104. The number of nitrogens with zero attached hydrogens (tertiary/aromatic N) is 1. The third-order valence-electron chi connectivity index (χ3n) is 4.16. The lowest BCUT2D eigenvalue weighted by Gasteiger charge is -2.31. The molecule has 3 rings (SSSR count).